The zero-order valence-electron chi connectivity index (χ0n) is 20.9. The van der Waals surface area contributed by atoms with Crippen LogP contribution in [0.2, 0.25) is 36.3 Å². The van der Waals surface area contributed by atoms with Crippen molar-refractivity contribution in [2.24, 2.45) is 0 Å². The molecule has 172 valence electrons. The molecular formula is C23H48O4Si2. The Balaban J connectivity index is 2.11. The quantitative estimate of drug-likeness (QED) is 0.419. The second-order valence-electron chi connectivity index (χ2n) is 12.3. The van der Waals surface area contributed by atoms with Crippen LogP contribution < -0.4 is 0 Å². The third-order valence-electron chi connectivity index (χ3n) is 7.59. The minimum atomic E-state index is -1.83. The molecule has 0 aromatic heterocycles. The van der Waals surface area contributed by atoms with Crippen LogP contribution in [0, 0.1) is 0 Å². The first-order valence-electron chi connectivity index (χ1n) is 11.7. The summed E-state index contributed by atoms with van der Waals surface area (Å²) in [4.78, 5) is 0. The second-order valence-corrected chi connectivity index (χ2v) is 21.8. The molecule has 6 heteroatoms. The van der Waals surface area contributed by atoms with E-state index in [2.05, 4.69) is 67.7 Å². The number of ether oxygens (including phenoxy) is 2. The van der Waals surface area contributed by atoms with E-state index in [0.717, 1.165) is 38.7 Å². The predicted octanol–water partition coefficient (Wildman–Crippen LogP) is 6.86. The van der Waals surface area contributed by atoms with Crippen LogP contribution in [0.15, 0.2) is 0 Å². The van der Waals surface area contributed by atoms with E-state index in [0.29, 0.717) is 0 Å². The molecule has 0 amide bonds. The topological polar surface area (TPSA) is 36.9 Å². The van der Waals surface area contributed by atoms with Crippen molar-refractivity contribution in [2.45, 2.75) is 141 Å². The van der Waals surface area contributed by atoms with Crippen molar-refractivity contribution in [2.75, 3.05) is 6.61 Å². The summed E-state index contributed by atoms with van der Waals surface area (Å²) < 4.78 is 26.0. The molecule has 0 aromatic carbocycles. The fraction of sp³-hybridized carbons (Fsp3) is 1.00. The molecule has 1 saturated carbocycles. The molecule has 0 aromatic rings. The highest BCUT2D eigenvalue weighted by Gasteiger charge is 2.45. The standard InChI is InChI=1S/C23H48O4Si2/c1-22(2,3)28(7,8)26-19-15-18(25-21-13-11-12-14-24-21)16-20(17-19)27-29(9,10)23(4,5)6/h18-21H,11-17H2,1-10H3/t19-,20-,21?/m1/s1. The van der Waals surface area contributed by atoms with Crippen molar-refractivity contribution in [1.29, 1.82) is 0 Å². The Morgan fingerprint density at radius 2 is 1.14 bits per heavy atom. The normalized spacial score (nSPS) is 30.4. The molecule has 1 heterocycles. The first-order valence-corrected chi connectivity index (χ1v) is 17.5. The van der Waals surface area contributed by atoms with Crippen LogP contribution in [-0.4, -0.2) is 47.8 Å². The van der Waals surface area contributed by atoms with E-state index in [1.165, 1.54) is 6.42 Å². The Bertz CT molecular complexity index is 480. The maximum Gasteiger partial charge on any atom is 0.192 e. The predicted molar refractivity (Wildman–Crippen MR) is 126 cm³/mol. The summed E-state index contributed by atoms with van der Waals surface area (Å²) in [5.74, 6) is 0. The highest BCUT2D eigenvalue weighted by Crippen LogP contribution is 2.42. The smallest absolute Gasteiger partial charge is 0.192 e. The summed E-state index contributed by atoms with van der Waals surface area (Å²) in [5, 5.41) is 0.423. The van der Waals surface area contributed by atoms with Crippen molar-refractivity contribution in [3.8, 4) is 0 Å². The van der Waals surface area contributed by atoms with Gasteiger partial charge in [0.15, 0.2) is 22.9 Å². The van der Waals surface area contributed by atoms with Crippen molar-refractivity contribution >= 4 is 16.6 Å². The molecule has 0 radical (unpaired) electrons. The van der Waals surface area contributed by atoms with Crippen molar-refractivity contribution in [3.05, 3.63) is 0 Å². The lowest BCUT2D eigenvalue weighted by Gasteiger charge is -2.46. The van der Waals surface area contributed by atoms with Crippen LogP contribution in [0.3, 0.4) is 0 Å². The van der Waals surface area contributed by atoms with Gasteiger partial charge in [-0.1, -0.05) is 41.5 Å². The van der Waals surface area contributed by atoms with Gasteiger partial charge in [0, 0.05) is 18.8 Å². The van der Waals surface area contributed by atoms with E-state index in [4.69, 9.17) is 18.3 Å². The zero-order chi connectivity index (χ0) is 22.1. The van der Waals surface area contributed by atoms with E-state index in [1.807, 2.05) is 0 Å². The minimum Gasteiger partial charge on any atom is -0.414 e. The van der Waals surface area contributed by atoms with Gasteiger partial charge in [0.25, 0.3) is 0 Å². The summed E-state index contributed by atoms with van der Waals surface area (Å²) >= 11 is 0. The maximum absolute atomic E-state index is 6.85. The summed E-state index contributed by atoms with van der Waals surface area (Å²) in [6.45, 7) is 24.1. The molecule has 3 atom stereocenters. The molecule has 1 saturated heterocycles. The highest BCUT2D eigenvalue weighted by atomic mass is 28.4. The van der Waals surface area contributed by atoms with Crippen molar-refractivity contribution in [3.63, 3.8) is 0 Å². The zero-order valence-corrected chi connectivity index (χ0v) is 22.9. The summed E-state index contributed by atoms with van der Waals surface area (Å²) in [6, 6.07) is 0. The van der Waals surface area contributed by atoms with Gasteiger partial charge in [-0.3, -0.25) is 0 Å². The SMILES string of the molecule is CC(C)(C)[Si](C)(C)O[C@@H]1CC(OC2CCCCO2)C[C@@H](O[Si](C)(C)C(C)(C)C)C1. The van der Waals surface area contributed by atoms with Crippen molar-refractivity contribution in [1.82, 2.24) is 0 Å². The molecule has 1 aliphatic heterocycles. The fourth-order valence-electron chi connectivity index (χ4n) is 3.69. The Morgan fingerprint density at radius 3 is 1.52 bits per heavy atom. The van der Waals surface area contributed by atoms with Gasteiger partial charge in [-0.2, -0.15) is 0 Å². The van der Waals surface area contributed by atoms with Gasteiger partial charge in [0.05, 0.1) is 6.10 Å². The van der Waals surface area contributed by atoms with Gasteiger partial charge in [-0.05, 0) is 74.8 Å². The Hall–Kier alpha value is 0.274. The molecule has 1 unspecified atom stereocenters. The van der Waals surface area contributed by atoms with E-state index in [-0.39, 0.29) is 34.7 Å². The number of hydrogen-bond donors (Lipinski definition) is 0. The van der Waals surface area contributed by atoms with E-state index in [9.17, 15) is 0 Å². The van der Waals surface area contributed by atoms with E-state index in [1.54, 1.807) is 0 Å². The fourth-order valence-corrected chi connectivity index (χ4v) is 6.45. The lowest BCUT2D eigenvalue weighted by Crippen LogP contribution is -2.51. The third kappa shape index (κ3) is 7.14. The summed E-state index contributed by atoms with van der Waals surface area (Å²) in [7, 11) is -3.66. The average molecular weight is 445 g/mol. The first kappa shape index (κ1) is 25.5. The van der Waals surface area contributed by atoms with Gasteiger partial charge in [-0.25, -0.2) is 0 Å². The lowest BCUT2D eigenvalue weighted by molar-refractivity contribution is -0.203. The molecule has 29 heavy (non-hydrogen) atoms. The molecule has 0 spiro atoms. The largest absolute Gasteiger partial charge is 0.414 e. The van der Waals surface area contributed by atoms with Crippen LogP contribution in [0.25, 0.3) is 0 Å². The molecule has 4 nitrogen and oxygen atoms in total. The van der Waals surface area contributed by atoms with Crippen LogP contribution >= 0.6 is 0 Å². The highest BCUT2D eigenvalue weighted by molar-refractivity contribution is 6.74. The van der Waals surface area contributed by atoms with Gasteiger partial charge in [0.2, 0.25) is 0 Å². The Morgan fingerprint density at radius 1 is 0.690 bits per heavy atom. The third-order valence-corrected chi connectivity index (χ3v) is 16.7. The van der Waals surface area contributed by atoms with E-state index >= 15 is 0 Å². The van der Waals surface area contributed by atoms with Crippen LogP contribution in [0.5, 0.6) is 0 Å². The van der Waals surface area contributed by atoms with Gasteiger partial charge in [0.1, 0.15) is 0 Å². The molecule has 2 fully saturated rings. The van der Waals surface area contributed by atoms with Gasteiger partial charge < -0.3 is 18.3 Å². The lowest BCUT2D eigenvalue weighted by atomic mass is 9.92. The summed E-state index contributed by atoms with van der Waals surface area (Å²) in [5.41, 5.74) is 0. The minimum absolute atomic E-state index is 0.0473. The molecule has 2 aliphatic rings. The second kappa shape index (κ2) is 9.41. The Labute approximate surface area is 182 Å². The average Bonchev–Trinajstić information content (AvgIpc) is 2.52. The monoisotopic (exact) mass is 444 g/mol. The molecule has 0 bridgehead atoms. The summed E-state index contributed by atoms with van der Waals surface area (Å²) in [6.07, 6.45) is 6.83. The van der Waals surface area contributed by atoms with Gasteiger partial charge in [-0.15, -0.1) is 0 Å². The van der Waals surface area contributed by atoms with Gasteiger partial charge >= 0.3 is 0 Å². The van der Waals surface area contributed by atoms with E-state index < -0.39 is 16.6 Å². The van der Waals surface area contributed by atoms with Crippen LogP contribution in [0.1, 0.15) is 80.1 Å². The van der Waals surface area contributed by atoms with Crippen molar-refractivity contribution < 1.29 is 18.3 Å². The van der Waals surface area contributed by atoms with Crippen LogP contribution in [0.4, 0.5) is 0 Å². The maximum atomic E-state index is 6.85. The molecule has 1 aliphatic carbocycles. The number of hydrogen-bond acceptors (Lipinski definition) is 4. The Kier molecular flexibility index (Phi) is 8.29. The molecule has 2 rings (SSSR count). The number of rotatable bonds is 6. The van der Waals surface area contributed by atoms with Crippen LogP contribution in [-0.2, 0) is 18.3 Å². The first-order chi connectivity index (χ1) is 13.1. The molecular weight excluding hydrogens is 396 g/mol. The molecule has 0 N–H and O–H groups in total.